The van der Waals surface area contributed by atoms with Crippen molar-refractivity contribution in [3.05, 3.63) is 62.7 Å². The second-order valence-electron chi connectivity index (χ2n) is 7.80. The predicted octanol–water partition coefficient (Wildman–Crippen LogP) is 5.34. The molecule has 0 saturated heterocycles. The first-order chi connectivity index (χ1) is 15.4. The summed E-state index contributed by atoms with van der Waals surface area (Å²) < 4.78 is 11.2. The van der Waals surface area contributed by atoms with Gasteiger partial charge in [0, 0.05) is 22.0 Å². The number of rotatable bonds is 3. The Kier molecular flexibility index (Phi) is 5.35. The third-order valence-corrected chi connectivity index (χ3v) is 7.28. The molecule has 2 amide bonds. The van der Waals surface area contributed by atoms with Gasteiger partial charge < -0.3 is 24.7 Å². The number of hydrogen-bond donors (Lipinski definition) is 2. The molecule has 5 rings (SSSR count). The van der Waals surface area contributed by atoms with Crippen LogP contribution in [0.15, 0.2) is 34.7 Å². The van der Waals surface area contributed by atoms with Gasteiger partial charge in [0.2, 0.25) is 0 Å². The Bertz CT molecular complexity index is 1220. The predicted molar refractivity (Wildman–Crippen MR) is 123 cm³/mol. The molecule has 2 aliphatic heterocycles. The van der Waals surface area contributed by atoms with Gasteiger partial charge in [-0.2, -0.15) is 0 Å². The number of thiophene rings is 1. The summed E-state index contributed by atoms with van der Waals surface area (Å²) in [6.45, 7) is 5.07. The Morgan fingerprint density at radius 3 is 2.94 bits per heavy atom. The first-order valence-corrected chi connectivity index (χ1v) is 11.6. The van der Waals surface area contributed by atoms with E-state index < -0.39 is 6.17 Å². The Labute approximate surface area is 194 Å². The molecule has 1 atom stereocenters. The minimum Gasteiger partial charge on any atom is -0.457 e. The van der Waals surface area contributed by atoms with Gasteiger partial charge in [-0.15, -0.1) is 11.3 Å². The molecule has 0 unspecified atom stereocenters. The fraction of sp³-hybridized carbons (Fsp3) is 0.304. The number of amides is 2. The third kappa shape index (κ3) is 3.63. The highest BCUT2D eigenvalue weighted by atomic mass is 35.5. The second kappa shape index (κ2) is 8.18. The molecule has 2 aliphatic rings. The largest absolute Gasteiger partial charge is 0.457 e. The smallest absolute Gasteiger partial charge is 0.410 e. The van der Waals surface area contributed by atoms with Crippen molar-refractivity contribution in [1.82, 2.24) is 10.2 Å². The summed E-state index contributed by atoms with van der Waals surface area (Å²) in [6.07, 6.45) is -0.177. The minimum atomic E-state index is -0.481. The molecule has 7 nitrogen and oxygen atoms in total. The molecule has 2 aromatic heterocycles. The van der Waals surface area contributed by atoms with Gasteiger partial charge in [0.05, 0.1) is 18.7 Å². The van der Waals surface area contributed by atoms with Gasteiger partial charge in [-0.3, -0.25) is 4.79 Å². The standard InChI is InChI=1S/C23H22ClN3O4S/c1-3-30-23(29)27-9-8-14-18(11-27)32-22-19(14)21(28)25-20(26-22)17-7-6-16(31-17)13-5-4-12(2)15(24)10-13/h4-7,10,20,26H,3,8-9,11H2,1-2H3,(H,25,28)/t20-/m0/s1. The van der Waals surface area contributed by atoms with E-state index in [1.54, 1.807) is 11.8 Å². The van der Waals surface area contributed by atoms with E-state index in [2.05, 4.69) is 10.6 Å². The highest BCUT2D eigenvalue weighted by Crippen LogP contribution is 2.41. The molecular formula is C23H22ClN3O4S. The van der Waals surface area contributed by atoms with Crippen LogP contribution in [0.3, 0.4) is 0 Å². The minimum absolute atomic E-state index is 0.137. The van der Waals surface area contributed by atoms with Crippen molar-refractivity contribution in [2.75, 3.05) is 18.5 Å². The first kappa shape index (κ1) is 20.9. The number of fused-ring (bicyclic) bond motifs is 3. The van der Waals surface area contributed by atoms with Gasteiger partial charge in [-0.1, -0.05) is 23.7 Å². The average Bonchev–Trinajstić information content (AvgIpc) is 3.40. The quantitative estimate of drug-likeness (QED) is 0.538. The Hall–Kier alpha value is -2.97. The van der Waals surface area contributed by atoms with Crippen LogP contribution < -0.4 is 10.6 Å². The Morgan fingerprint density at radius 1 is 1.31 bits per heavy atom. The molecule has 0 radical (unpaired) electrons. The molecule has 9 heteroatoms. The van der Waals surface area contributed by atoms with Crippen molar-refractivity contribution < 1.29 is 18.7 Å². The van der Waals surface area contributed by atoms with Crippen molar-refractivity contribution in [1.29, 1.82) is 0 Å². The molecule has 2 N–H and O–H groups in total. The molecular weight excluding hydrogens is 450 g/mol. The number of furan rings is 1. The van der Waals surface area contributed by atoms with Crippen molar-refractivity contribution >= 4 is 39.9 Å². The van der Waals surface area contributed by atoms with Gasteiger partial charge in [0.25, 0.3) is 5.91 Å². The molecule has 32 heavy (non-hydrogen) atoms. The maximum atomic E-state index is 13.0. The van der Waals surface area contributed by atoms with Crippen molar-refractivity contribution in [2.24, 2.45) is 0 Å². The molecule has 1 aromatic carbocycles. The number of hydrogen-bond acceptors (Lipinski definition) is 6. The molecule has 3 aromatic rings. The lowest BCUT2D eigenvalue weighted by atomic mass is 10.0. The zero-order valence-electron chi connectivity index (χ0n) is 17.7. The van der Waals surface area contributed by atoms with E-state index in [4.69, 9.17) is 20.8 Å². The molecule has 0 aliphatic carbocycles. The number of carbonyl (C=O) groups is 2. The molecule has 4 heterocycles. The summed E-state index contributed by atoms with van der Waals surface area (Å²) in [6, 6.07) is 9.49. The van der Waals surface area contributed by atoms with Gasteiger partial charge in [0.15, 0.2) is 6.17 Å². The zero-order chi connectivity index (χ0) is 22.4. The van der Waals surface area contributed by atoms with Crippen molar-refractivity contribution in [2.45, 2.75) is 33.0 Å². The van der Waals surface area contributed by atoms with Crippen LogP contribution in [0.1, 0.15) is 45.2 Å². The number of ether oxygens (including phenoxy) is 1. The van der Waals surface area contributed by atoms with E-state index in [9.17, 15) is 9.59 Å². The molecule has 0 saturated carbocycles. The van der Waals surface area contributed by atoms with Crippen LogP contribution in [0, 0.1) is 6.92 Å². The third-order valence-electron chi connectivity index (χ3n) is 5.73. The van der Waals surface area contributed by atoms with Crippen LogP contribution in [-0.2, 0) is 17.7 Å². The fourth-order valence-corrected chi connectivity index (χ4v) is 5.51. The normalized spacial score (nSPS) is 17.3. The Balaban J connectivity index is 1.38. The maximum Gasteiger partial charge on any atom is 0.410 e. The fourth-order valence-electron chi connectivity index (χ4n) is 4.04. The number of nitrogens with zero attached hydrogens (tertiary/aromatic N) is 1. The average molecular weight is 472 g/mol. The van der Waals surface area contributed by atoms with Crippen LogP contribution in [0.25, 0.3) is 11.3 Å². The van der Waals surface area contributed by atoms with Gasteiger partial charge in [0.1, 0.15) is 16.5 Å². The van der Waals surface area contributed by atoms with Crippen LogP contribution in [0.5, 0.6) is 0 Å². The van der Waals surface area contributed by atoms with E-state index in [1.165, 1.54) is 11.3 Å². The number of benzene rings is 1. The summed E-state index contributed by atoms with van der Waals surface area (Å²) in [7, 11) is 0. The van der Waals surface area contributed by atoms with Gasteiger partial charge in [-0.05, 0) is 49.6 Å². The SMILES string of the molecule is CCOC(=O)N1CCc2c(sc3c2C(=O)N[C@H](c2ccc(-c4ccc(C)c(Cl)c4)o2)N3)C1. The van der Waals surface area contributed by atoms with Crippen molar-refractivity contribution in [3.63, 3.8) is 0 Å². The molecule has 0 spiro atoms. The highest BCUT2D eigenvalue weighted by molar-refractivity contribution is 7.16. The molecule has 0 bridgehead atoms. The monoisotopic (exact) mass is 471 g/mol. The summed E-state index contributed by atoms with van der Waals surface area (Å²) in [5, 5.41) is 7.86. The van der Waals surface area contributed by atoms with Crippen LogP contribution >= 0.6 is 22.9 Å². The Morgan fingerprint density at radius 2 is 2.16 bits per heavy atom. The first-order valence-electron chi connectivity index (χ1n) is 10.4. The summed E-state index contributed by atoms with van der Waals surface area (Å²) in [5.74, 6) is 1.15. The highest BCUT2D eigenvalue weighted by Gasteiger charge is 2.35. The van der Waals surface area contributed by atoms with Crippen molar-refractivity contribution in [3.8, 4) is 11.3 Å². The summed E-state index contributed by atoms with van der Waals surface area (Å²) in [4.78, 5) is 27.8. The van der Waals surface area contributed by atoms with E-state index in [0.717, 1.165) is 26.6 Å². The van der Waals surface area contributed by atoms with Gasteiger partial charge >= 0.3 is 6.09 Å². The lowest BCUT2D eigenvalue weighted by Crippen LogP contribution is -2.39. The summed E-state index contributed by atoms with van der Waals surface area (Å²) in [5.41, 5.74) is 3.55. The molecule has 166 valence electrons. The summed E-state index contributed by atoms with van der Waals surface area (Å²) >= 11 is 7.75. The topological polar surface area (TPSA) is 83.8 Å². The van der Waals surface area contributed by atoms with Gasteiger partial charge in [-0.25, -0.2) is 4.79 Å². The number of nitrogens with one attached hydrogen (secondary N) is 2. The van der Waals surface area contributed by atoms with E-state index in [-0.39, 0.29) is 12.0 Å². The lowest BCUT2D eigenvalue weighted by Gasteiger charge is -2.27. The van der Waals surface area contributed by atoms with E-state index in [1.807, 2.05) is 37.3 Å². The second-order valence-corrected chi connectivity index (χ2v) is 9.31. The number of anilines is 1. The van der Waals surface area contributed by atoms with Crippen LogP contribution in [0.2, 0.25) is 5.02 Å². The maximum absolute atomic E-state index is 13.0. The lowest BCUT2D eigenvalue weighted by molar-refractivity contribution is 0.0929. The number of aryl methyl sites for hydroxylation is 1. The van der Waals surface area contributed by atoms with Crippen LogP contribution in [0.4, 0.5) is 9.80 Å². The number of carbonyl (C=O) groups excluding carboxylic acids is 2. The van der Waals surface area contributed by atoms with E-state index in [0.29, 0.717) is 48.2 Å². The van der Waals surface area contributed by atoms with Crippen LogP contribution in [-0.4, -0.2) is 30.1 Å². The zero-order valence-corrected chi connectivity index (χ0v) is 19.2. The van der Waals surface area contributed by atoms with E-state index >= 15 is 0 Å². The number of halogens is 1. The molecule has 0 fully saturated rings.